The van der Waals surface area contributed by atoms with Crippen LogP contribution in [0.1, 0.15) is 33.1 Å². The van der Waals surface area contributed by atoms with E-state index in [2.05, 4.69) is 44.9 Å². The summed E-state index contributed by atoms with van der Waals surface area (Å²) in [6.45, 7) is 7.89. The molecule has 0 saturated carbocycles. The number of aliphatic imine (C=N–C) groups is 1. The molecule has 1 aliphatic rings. The molecule has 0 bridgehead atoms. The maximum Gasteiger partial charge on any atom is 0.222 e. The van der Waals surface area contributed by atoms with Crippen LogP contribution in [0.5, 0.6) is 0 Å². The maximum atomic E-state index is 12.0. The number of amides is 1. The van der Waals surface area contributed by atoms with Gasteiger partial charge in [-0.05, 0) is 38.8 Å². The van der Waals surface area contributed by atoms with Gasteiger partial charge >= 0.3 is 0 Å². The normalized spacial score (nSPS) is 18.1. The Morgan fingerprint density at radius 1 is 1.20 bits per heavy atom. The molecule has 0 aromatic heterocycles. The van der Waals surface area contributed by atoms with E-state index >= 15 is 0 Å². The number of anilines is 1. The summed E-state index contributed by atoms with van der Waals surface area (Å²) < 4.78 is 22.9. The van der Waals surface area contributed by atoms with Crippen molar-refractivity contribution in [3.63, 3.8) is 0 Å². The minimum Gasteiger partial charge on any atom is -0.372 e. The van der Waals surface area contributed by atoms with E-state index in [0.29, 0.717) is 25.5 Å². The van der Waals surface area contributed by atoms with Gasteiger partial charge in [-0.3, -0.25) is 9.79 Å². The van der Waals surface area contributed by atoms with Gasteiger partial charge in [0, 0.05) is 50.9 Å². The van der Waals surface area contributed by atoms with Gasteiger partial charge in [-0.15, -0.1) is 0 Å². The lowest BCUT2D eigenvalue weighted by Crippen LogP contribution is -2.41. The van der Waals surface area contributed by atoms with Crippen LogP contribution in [0.3, 0.4) is 0 Å². The molecule has 30 heavy (non-hydrogen) atoms. The highest BCUT2D eigenvalue weighted by Crippen LogP contribution is 2.13. The van der Waals surface area contributed by atoms with Crippen molar-refractivity contribution in [2.45, 2.75) is 39.2 Å². The van der Waals surface area contributed by atoms with Crippen molar-refractivity contribution in [2.24, 2.45) is 4.99 Å². The first-order chi connectivity index (χ1) is 14.4. The summed E-state index contributed by atoms with van der Waals surface area (Å²) >= 11 is 0. The molecule has 1 amide bonds. The Morgan fingerprint density at radius 2 is 1.97 bits per heavy atom. The van der Waals surface area contributed by atoms with Crippen molar-refractivity contribution in [2.75, 3.05) is 49.1 Å². The van der Waals surface area contributed by atoms with Crippen LogP contribution in [-0.4, -0.2) is 70.6 Å². The van der Waals surface area contributed by atoms with E-state index in [-0.39, 0.29) is 29.9 Å². The summed E-state index contributed by atoms with van der Waals surface area (Å²) in [5, 5.41) is 9.16. The molecule has 1 aromatic rings. The molecule has 0 spiro atoms. The minimum absolute atomic E-state index is 0.0496. The lowest BCUT2D eigenvalue weighted by Gasteiger charge is -2.22. The standard InChI is InChI=1S/C21H35N5O3S/c1-3-22-21(23-13-8-15-26(4-2)19-9-6-5-7-10-19)24-14-11-20(27)25-18-12-16-30(28,29)17-18/h5-7,9-10,18H,3-4,8,11-17H2,1-2H3,(H,25,27)(H2,22,23,24). The topological polar surface area (TPSA) is 103 Å². The number of carbonyl (C=O) groups is 1. The van der Waals surface area contributed by atoms with Crippen LogP contribution in [0, 0.1) is 0 Å². The van der Waals surface area contributed by atoms with E-state index in [0.717, 1.165) is 26.1 Å². The lowest BCUT2D eigenvalue weighted by atomic mass is 10.2. The lowest BCUT2D eigenvalue weighted by molar-refractivity contribution is -0.121. The van der Waals surface area contributed by atoms with Gasteiger partial charge in [-0.1, -0.05) is 18.2 Å². The van der Waals surface area contributed by atoms with Crippen LogP contribution in [0.25, 0.3) is 0 Å². The maximum absolute atomic E-state index is 12.0. The predicted molar refractivity (Wildman–Crippen MR) is 123 cm³/mol. The third-order valence-electron chi connectivity index (χ3n) is 4.95. The van der Waals surface area contributed by atoms with Gasteiger partial charge in [0.15, 0.2) is 15.8 Å². The summed E-state index contributed by atoms with van der Waals surface area (Å²) in [7, 11) is -2.98. The van der Waals surface area contributed by atoms with E-state index in [1.54, 1.807) is 0 Å². The Bertz CT molecular complexity index is 783. The average Bonchev–Trinajstić information content (AvgIpc) is 3.06. The second-order valence-corrected chi connectivity index (χ2v) is 9.60. The van der Waals surface area contributed by atoms with Gasteiger partial charge in [0.1, 0.15) is 0 Å². The molecular formula is C21H35N5O3S. The van der Waals surface area contributed by atoms with Crippen LogP contribution in [0.4, 0.5) is 5.69 Å². The number of para-hydroxylation sites is 1. The zero-order chi connectivity index (χ0) is 21.8. The molecule has 168 valence electrons. The summed E-state index contributed by atoms with van der Waals surface area (Å²) in [5.74, 6) is 0.764. The largest absolute Gasteiger partial charge is 0.372 e. The molecule has 1 fully saturated rings. The van der Waals surface area contributed by atoms with E-state index < -0.39 is 9.84 Å². The van der Waals surface area contributed by atoms with Crippen LogP contribution >= 0.6 is 0 Å². The Morgan fingerprint density at radius 3 is 2.60 bits per heavy atom. The van der Waals surface area contributed by atoms with Crippen molar-refractivity contribution in [1.29, 1.82) is 0 Å². The SMILES string of the molecule is CCNC(=NCCCN(CC)c1ccccc1)NCCC(=O)NC1CCS(=O)(=O)C1. The number of guanidine groups is 1. The molecule has 0 radical (unpaired) electrons. The molecule has 9 heteroatoms. The van der Waals surface area contributed by atoms with Crippen LogP contribution in [0.2, 0.25) is 0 Å². The predicted octanol–water partition coefficient (Wildman–Crippen LogP) is 1.15. The number of hydrogen-bond acceptors (Lipinski definition) is 5. The second-order valence-electron chi connectivity index (χ2n) is 7.37. The number of sulfone groups is 1. The van der Waals surface area contributed by atoms with Gasteiger partial charge < -0.3 is 20.9 Å². The quantitative estimate of drug-likeness (QED) is 0.273. The number of benzene rings is 1. The van der Waals surface area contributed by atoms with Crippen LogP contribution in [-0.2, 0) is 14.6 Å². The van der Waals surface area contributed by atoms with Gasteiger partial charge in [-0.25, -0.2) is 8.42 Å². The Kier molecular flexibility index (Phi) is 9.93. The molecule has 1 aromatic carbocycles. The fraction of sp³-hybridized carbons (Fsp3) is 0.619. The molecule has 3 N–H and O–H groups in total. The number of carbonyl (C=O) groups excluding carboxylic acids is 1. The summed E-state index contributed by atoms with van der Waals surface area (Å²) in [5.41, 5.74) is 1.22. The Hall–Kier alpha value is -2.29. The van der Waals surface area contributed by atoms with Crippen LogP contribution < -0.4 is 20.9 Å². The Balaban J connectivity index is 1.70. The first kappa shape index (κ1) is 24.0. The highest BCUT2D eigenvalue weighted by Gasteiger charge is 2.28. The van der Waals surface area contributed by atoms with Crippen molar-refractivity contribution in [3.8, 4) is 0 Å². The van der Waals surface area contributed by atoms with Crippen molar-refractivity contribution < 1.29 is 13.2 Å². The summed E-state index contributed by atoms with van der Waals surface area (Å²) in [6, 6.07) is 10.1. The highest BCUT2D eigenvalue weighted by molar-refractivity contribution is 7.91. The monoisotopic (exact) mass is 437 g/mol. The molecule has 0 aliphatic carbocycles. The van der Waals surface area contributed by atoms with Gasteiger partial charge in [0.25, 0.3) is 0 Å². The Labute approximate surface area is 180 Å². The zero-order valence-electron chi connectivity index (χ0n) is 18.1. The van der Waals surface area contributed by atoms with Crippen molar-refractivity contribution >= 4 is 27.4 Å². The molecule has 1 atom stereocenters. The second kappa shape index (κ2) is 12.4. The van der Waals surface area contributed by atoms with Crippen molar-refractivity contribution in [3.05, 3.63) is 30.3 Å². The first-order valence-electron chi connectivity index (χ1n) is 10.8. The summed E-state index contributed by atoms with van der Waals surface area (Å²) in [4.78, 5) is 19.0. The van der Waals surface area contributed by atoms with E-state index in [1.807, 2.05) is 25.1 Å². The van der Waals surface area contributed by atoms with E-state index in [4.69, 9.17) is 0 Å². The van der Waals surface area contributed by atoms with Crippen molar-refractivity contribution in [1.82, 2.24) is 16.0 Å². The minimum atomic E-state index is -2.98. The molecular weight excluding hydrogens is 402 g/mol. The molecule has 8 nitrogen and oxygen atoms in total. The van der Waals surface area contributed by atoms with Gasteiger partial charge in [0.05, 0.1) is 11.5 Å². The third kappa shape index (κ3) is 8.61. The number of nitrogens with zero attached hydrogens (tertiary/aromatic N) is 2. The molecule has 2 rings (SSSR count). The fourth-order valence-electron chi connectivity index (χ4n) is 3.41. The van der Waals surface area contributed by atoms with Gasteiger partial charge in [0.2, 0.25) is 5.91 Å². The fourth-order valence-corrected chi connectivity index (χ4v) is 5.08. The van der Waals surface area contributed by atoms with E-state index in [9.17, 15) is 13.2 Å². The highest BCUT2D eigenvalue weighted by atomic mass is 32.2. The summed E-state index contributed by atoms with van der Waals surface area (Å²) in [6.07, 6.45) is 1.71. The molecule has 1 aliphatic heterocycles. The first-order valence-corrected chi connectivity index (χ1v) is 12.6. The average molecular weight is 438 g/mol. The number of rotatable bonds is 11. The molecule has 1 saturated heterocycles. The van der Waals surface area contributed by atoms with E-state index in [1.165, 1.54) is 5.69 Å². The van der Waals surface area contributed by atoms with Crippen LogP contribution in [0.15, 0.2) is 35.3 Å². The van der Waals surface area contributed by atoms with Gasteiger partial charge in [-0.2, -0.15) is 0 Å². The number of hydrogen-bond donors (Lipinski definition) is 3. The molecule has 1 unspecified atom stereocenters. The molecule has 1 heterocycles. The smallest absolute Gasteiger partial charge is 0.222 e. The zero-order valence-corrected chi connectivity index (χ0v) is 18.9. The third-order valence-corrected chi connectivity index (χ3v) is 6.71. The number of nitrogens with one attached hydrogen (secondary N) is 3.